The third-order valence-corrected chi connectivity index (χ3v) is 2.30. The molecule has 1 N–H and O–H groups in total. The number of benzene rings is 1. The van der Waals surface area contributed by atoms with Crippen LogP contribution in [-0.2, 0) is 0 Å². The molecule has 0 aliphatic carbocycles. The summed E-state index contributed by atoms with van der Waals surface area (Å²) in [5.74, 6) is 0. The Morgan fingerprint density at radius 2 is 2.15 bits per heavy atom. The van der Waals surface area contributed by atoms with Crippen LogP contribution in [0.25, 0.3) is 0 Å². The maximum absolute atomic E-state index is 3.20. The van der Waals surface area contributed by atoms with Gasteiger partial charge in [-0.1, -0.05) is 18.2 Å². The lowest BCUT2D eigenvalue weighted by Gasteiger charge is -2.19. The fraction of sp³-hybridized carbons (Fsp3) is 0.273. The zero-order chi connectivity index (χ0) is 9.10. The van der Waals surface area contributed by atoms with E-state index in [0.717, 1.165) is 13.0 Å². The van der Waals surface area contributed by atoms with Crippen LogP contribution < -0.4 is 10.2 Å². The lowest BCUT2D eigenvalue weighted by Crippen LogP contribution is -2.13. The first kappa shape index (κ1) is 8.17. The van der Waals surface area contributed by atoms with Crippen LogP contribution in [-0.4, -0.2) is 13.6 Å². The fourth-order valence-electron chi connectivity index (χ4n) is 1.63. The van der Waals surface area contributed by atoms with Crippen molar-refractivity contribution in [1.29, 1.82) is 0 Å². The third-order valence-electron chi connectivity index (χ3n) is 2.30. The summed E-state index contributed by atoms with van der Waals surface area (Å²) in [6.45, 7) is 1.10. The van der Waals surface area contributed by atoms with Gasteiger partial charge in [0.2, 0.25) is 0 Å². The highest BCUT2D eigenvalue weighted by atomic mass is 15.1. The SMILES string of the molecule is CNc1ccccc1N1C=CCC1. The smallest absolute Gasteiger partial charge is 0.0641 e. The first-order chi connectivity index (χ1) is 6.42. The minimum absolute atomic E-state index is 1.10. The zero-order valence-electron chi connectivity index (χ0n) is 7.83. The highest BCUT2D eigenvalue weighted by molar-refractivity contribution is 5.71. The molecule has 1 aromatic carbocycles. The molecule has 1 heterocycles. The predicted molar refractivity (Wildman–Crippen MR) is 57.1 cm³/mol. The second kappa shape index (κ2) is 3.52. The summed E-state index contributed by atoms with van der Waals surface area (Å²) in [6.07, 6.45) is 5.50. The molecule has 1 aliphatic rings. The molecule has 0 atom stereocenters. The Morgan fingerprint density at radius 1 is 1.31 bits per heavy atom. The van der Waals surface area contributed by atoms with Gasteiger partial charge < -0.3 is 10.2 Å². The monoisotopic (exact) mass is 174 g/mol. The van der Waals surface area contributed by atoms with E-state index in [1.807, 2.05) is 7.05 Å². The van der Waals surface area contributed by atoms with Crippen molar-refractivity contribution in [3.8, 4) is 0 Å². The van der Waals surface area contributed by atoms with Crippen molar-refractivity contribution in [1.82, 2.24) is 0 Å². The average molecular weight is 174 g/mol. The predicted octanol–water partition coefficient (Wildman–Crippen LogP) is 2.45. The van der Waals surface area contributed by atoms with E-state index in [-0.39, 0.29) is 0 Å². The van der Waals surface area contributed by atoms with E-state index in [1.165, 1.54) is 11.4 Å². The molecule has 0 saturated heterocycles. The van der Waals surface area contributed by atoms with Crippen molar-refractivity contribution < 1.29 is 0 Å². The Kier molecular flexibility index (Phi) is 2.21. The van der Waals surface area contributed by atoms with Crippen LogP contribution in [0, 0.1) is 0 Å². The number of nitrogens with zero attached hydrogens (tertiary/aromatic N) is 1. The summed E-state index contributed by atoms with van der Waals surface area (Å²) in [4.78, 5) is 2.27. The van der Waals surface area contributed by atoms with Crippen LogP contribution in [0.1, 0.15) is 6.42 Å². The van der Waals surface area contributed by atoms with Gasteiger partial charge in [-0.2, -0.15) is 0 Å². The van der Waals surface area contributed by atoms with Gasteiger partial charge in [0.15, 0.2) is 0 Å². The molecule has 1 aliphatic heterocycles. The third kappa shape index (κ3) is 1.52. The van der Waals surface area contributed by atoms with E-state index >= 15 is 0 Å². The van der Waals surface area contributed by atoms with Crippen LogP contribution in [0.15, 0.2) is 36.5 Å². The van der Waals surface area contributed by atoms with Crippen molar-refractivity contribution in [3.63, 3.8) is 0 Å². The van der Waals surface area contributed by atoms with Gasteiger partial charge >= 0.3 is 0 Å². The molecule has 0 spiro atoms. The van der Waals surface area contributed by atoms with E-state index in [0.29, 0.717) is 0 Å². The molecular formula is C11H14N2. The Hall–Kier alpha value is -1.44. The van der Waals surface area contributed by atoms with Crippen LogP contribution in [0.3, 0.4) is 0 Å². The van der Waals surface area contributed by atoms with Crippen molar-refractivity contribution in [2.24, 2.45) is 0 Å². The zero-order valence-corrected chi connectivity index (χ0v) is 7.83. The van der Waals surface area contributed by atoms with Gasteiger partial charge in [-0.05, 0) is 18.6 Å². The van der Waals surface area contributed by atoms with E-state index < -0.39 is 0 Å². The first-order valence-electron chi connectivity index (χ1n) is 4.62. The maximum Gasteiger partial charge on any atom is 0.0641 e. The molecule has 2 rings (SSSR count). The van der Waals surface area contributed by atoms with Crippen molar-refractivity contribution in [2.75, 3.05) is 23.8 Å². The largest absolute Gasteiger partial charge is 0.386 e. The summed E-state index contributed by atoms with van der Waals surface area (Å²) in [7, 11) is 1.96. The second-order valence-corrected chi connectivity index (χ2v) is 3.13. The summed E-state index contributed by atoms with van der Waals surface area (Å²) in [5.41, 5.74) is 2.45. The molecule has 0 fully saturated rings. The molecule has 2 nitrogen and oxygen atoms in total. The van der Waals surface area contributed by atoms with Crippen LogP contribution in [0.4, 0.5) is 11.4 Å². The Labute approximate surface area is 78.9 Å². The number of hydrogen-bond donors (Lipinski definition) is 1. The van der Waals surface area contributed by atoms with E-state index in [2.05, 4.69) is 46.8 Å². The number of anilines is 2. The van der Waals surface area contributed by atoms with E-state index in [4.69, 9.17) is 0 Å². The molecule has 13 heavy (non-hydrogen) atoms. The summed E-state index contributed by atoms with van der Waals surface area (Å²) < 4.78 is 0. The molecule has 68 valence electrons. The van der Waals surface area contributed by atoms with Gasteiger partial charge in [-0.25, -0.2) is 0 Å². The van der Waals surface area contributed by atoms with Crippen molar-refractivity contribution in [2.45, 2.75) is 6.42 Å². The van der Waals surface area contributed by atoms with Gasteiger partial charge in [0.05, 0.1) is 11.4 Å². The molecule has 0 saturated carbocycles. The second-order valence-electron chi connectivity index (χ2n) is 3.13. The molecule has 0 unspecified atom stereocenters. The van der Waals surface area contributed by atoms with Crippen molar-refractivity contribution in [3.05, 3.63) is 36.5 Å². The number of nitrogens with one attached hydrogen (secondary N) is 1. The Balaban J connectivity index is 2.32. The maximum atomic E-state index is 3.20. The minimum Gasteiger partial charge on any atom is -0.386 e. The first-order valence-corrected chi connectivity index (χ1v) is 4.62. The van der Waals surface area contributed by atoms with E-state index in [9.17, 15) is 0 Å². The van der Waals surface area contributed by atoms with Gasteiger partial charge in [0.25, 0.3) is 0 Å². The molecular weight excluding hydrogens is 160 g/mol. The molecule has 2 heteroatoms. The molecule has 0 bridgehead atoms. The summed E-state index contributed by atoms with van der Waals surface area (Å²) >= 11 is 0. The fourth-order valence-corrected chi connectivity index (χ4v) is 1.63. The van der Waals surface area contributed by atoms with Crippen LogP contribution in [0.2, 0.25) is 0 Å². The highest BCUT2D eigenvalue weighted by Crippen LogP contribution is 2.27. The number of hydrogen-bond acceptors (Lipinski definition) is 2. The number of para-hydroxylation sites is 2. The molecule has 1 aromatic rings. The minimum atomic E-state index is 1.10. The normalized spacial score (nSPS) is 15.0. The Morgan fingerprint density at radius 3 is 2.85 bits per heavy atom. The average Bonchev–Trinajstić information content (AvgIpc) is 2.70. The number of rotatable bonds is 2. The summed E-state index contributed by atoms with van der Waals surface area (Å²) in [5, 5.41) is 3.20. The topological polar surface area (TPSA) is 15.3 Å². The quantitative estimate of drug-likeness (QED) is 0.740. The van der Waals surface area contributed by atoms with Gasteiger partial charge in [0, 0.05) is 19.8 Å². The van der Waals surface area contributed by atoms with Crippen LogP contribution >= 0.6 is 0 Å². The standard InChI is InChI=1S/C11H14N2/c1-12-10-6-2-3-7-11(10)13-8-4-5-9-13/h2-4,6-8,12H,5,9H2,1H3. The van der Waals surface area contributed by atoms with Gasteiger partial charge in [-0.15, -0.1) is 0 Å². The lowest BCUT2D eigenvalue weighted by molar-refractivity contribution is 1.000. The van der Waals surface area contributed by atoms with Gasteiger partial charge in [0.1, 0.15) is 0 Å². The summed E-state index contributed by atoms with van der Waals surface area (Å²) in [6, 6.07) is 8.36. The molecule has 0 amide bonds. The van der Waals surface area contributed by atoms with Crippen molar-refractivity contribution >= 4 is 11.4 Å². The molecule has 0 aromatic heterocycles. The van der Waals surface area contributed by atoms with Crippen LogP contribution in [0.5, 0.6) is 0 Å². The highest BCUT2D eigenvalue weighted by Gasteiger charge is 2.09. The van der Waals surface area contributed by atoms with Gasteiger partial charge in [-0.3, -0.25) is 0 Å². The molecule has 0 radical (unpaired) electrons. The van der Waals surface area contributed by atoms with E-state index in [1.54, 1.807) is 0 Å². The Bertz CT molecular complexity index is 318. The lowest BCUT2D eigenvalue weighted by atomic mass is 10.2.